The molecule has 0 aliphatic carbocycles. The normalized spacial score (nSPS) is 11.8. The summed E-state index contributed by atoms with van der Waals surface area (Å²) in [4.78, 5) is 25.0. The molecule has 3 aromatic carbocycles. The molecule has 0 aliphatic rings. The minimum absolute atomic E-state index is 0.0221. The second kappa shape index (κ2) is 10.6. The Balaban J connectivity index is 1.67. The molecule has 0 radical (unpaired) electrons. The highest BCUT2D eigenvalue weighted by Crippen LogP contribution is 2.20. The fourth-order valence-electron chi connectivity index (χ4n) is 2.78. The van der Waals surface area contributed by atoms with E-state index in [4.69, 9.17) is 23.2 Å². The Labute approximate surface area is 184 Å². The standard InChI is InChI=1S/C23H19Cl2N3O2/c24-19-12-11-18(20(25)13-19)15-26-28-22(29)14-21(16-7-3-1-4-8-16)27-23(30)17-9-5-2-6-10-17/h1-13,15,21H,14H2,(H,27,30)(H,28,29)/b26-15-/t21-/m0/s1. The number of hydrogen-bond acceptors (Lipinski definition) is 3. The van der Waals surface area contributed by atoms with Crippen LogP contribution in [0.1, 0.15) is 33.9 Å². The molecule has 0 saturated carbocycles. The van der Waals surface area contributed by atoms with Crippen molar-refractivity contribution in [2.75, 3.05) is 0 Å². The number of halogens is 2. The van der Waals surface area contributed by atoms with E-state index < -0.39 is 6.04 Å². The molecule has 0 spiro atoms. The summed E-state index contributed by atoms with van der Waals surface area (Å²) in [5.74, 6) is -0.604. The van der Waals surface area contributed by atoms with Gasteiger partial charge in [-0.25, -0.2) is 5.43 Å². The molecular formula is C23H19Cl2N3O2. The molecule has 0 aliphatic heterocycles. The van der Waals surface area contributed by atoms with Gasteiger partial charge in [0.1, 0.15) is 0 Å². The molecule has 0 aromatic heterocycles. The first-order chi connectivity index (χ1) is 14.5. The lowest BCUT2D eigenvalue weighted by molar-refractivity contribution is -0.121. The van der Waals surface area contributed by atoms with Crippen molar-refractivity contribution in [1.82, 2.24) is 10.7 Å². The molecule has 30 heavy (non-hydrogen) atoms. The Hall–Kier alpha value is -3.15. The summed E-state index contributed by atoms with van der Waals surface area (Å²) in [5.41, 5.74) is 4.44. The molecule has 7 heteroatoms. The number of nitrogens with one attached hydrogen (secondary N) is 2. The zero-order valence-corrected chi connectivity index (χ0v) is 17.4. The van der Waals surface area contributed by atoms with Gasteiger partial charge in [0.25, 0.3) is 5.91 Å². The third kappa shape index (κ3) is 6.17. The SMILES string of the molecule is O=C(C[C@H](NC(=O)c1ccccc1)c1ccccc1)N/N=C\c1ccc(Cl)cc1Cl. The minimum Gasteiger partial charge on any atom is -0.345 e. The number of amides is 2. The first-order valence-corrected chi connectivity index (χ1v) is 9.96. The van der Waals surface area contributed by atoms with Crippen molar-refractivity contribution in [1.29, 1.82) is 0 Å². The number of carbonyl (C=O) groups is 2. The van der Waals surface area contributed by atoms with Crippen molar-refractivity contribution in [2.45, 2.75) is 12.5 Å². The van der Waals surface area contributed by atoms with Crippen molar-refractivity contribution in [2.24, 2.45) is 5.10 Å². The van der Waals surface area contributed by atoms with Crippen LogP contribution in [-0.2, 0) is 4.79 Å². The molecule has 3 aromatic rings. The summed E-state index contributed by atoms with van der Waals surface area (Å²) in [6.45, 7) is 0. The van der Waals surface area contributed by atoms with Crippen LogP contribution < -0.4 is 10.7 Å². The van der Waals surface area contributed by atoms with E-state index in [2.05, 4.69) is 15.8 Å². The van der Waals surface area contributed by atoms with Crippen molar-refractivity contribution in [3.63, 3.8) is 0 Å². The van der Waals surface area contributed by atoms with E-state index in [1.165, 1.54) is 6.21 Å². The Kier molecular flexibility index (Phi) is 7.60. The van der Waals surface area contributed by atoms with Gasteiger partial charge in [0.05, 0.1) is 23.7 Å². The van der Waals surface area contributed by atoms with E-state index in [9.17, 15) is 9.59 Å². The van der Waals surface area contributed by atoms with Gasteiger partial charge in [-0.1, -0.05) is 77.8 Å². The van der Waals surface area contributed by atoms with Crippen LogP contribution in [0.3, 0.4) is 0 Å². The number of benzene rings is 3. The summed E-state index contributed by atoms with van der Waals surface area (Å²) >= 11 is 12.0. The molecule has 1 atom stereocenters. The monoisotopic (exact) mass is 439 g/mol. The molecule has 2 amide bonds. The Morgan fingerprint density at radius 3 is 2.27 bits per heavy atom. The largest absolute Gasteiger partial charge is 0.345 e. The Bertz CT molecular complexity index is 1040. The van der Waals surface area contributed by atoms with Crippen molar-refractivity contribution < 1.29 is 9.59 Å². The second-order valence-corrected chi connectivity index (χ2v) is 7.31. The zero-order valence-electron chi connectivity index (χ0n) is 15.9. The maximum absolute atomic E-state index is 12.6. The van der Waals surface area contributed by atoms with Crippen LogP contribution in [0.15, 0.2) is 84.0 Å². The van der Waals surface area contributed by atoms with Gasteiger partial charge in [0.2, 0.25) is 5.91 Å². The summed E-state index contributed by atoms with van der Waals surface area (Å²) < 4.78 is 0. The van der Waals surface area contributed by atoms with Crippen LogP contribution in [0.25, 0.3) is 0 Å². The van der Waals surface area contributed by atoms with Gasteiger partial charge in [0, 0.05) is 16.1 Å². The molecule has 0 unspecified atom stereocenters. The minimum atomic E-state index is -0.506. The predicted octanol–water partition coefficient (Wildman–Crippen LogP) is 5.00. The smallest absolute Gasteiger partial charge is 0.251 e. The molecule has 152 valence electrons. The lowest BCUT2D eigenvalue weighted by atomic mass is 10.0. The number of nitrogens with zero attached hydrogens (tertiary/aromatic N) is 1. The number of rotatable bonds is 7. The average Bonchev–Trinajstić information content (AvgIpc) is 2.76. The molecular weight excluding hydrogens is 421 g/mol. The molecule has 5 nitrogen and oxygen atoms in total. The maximum atomic E-state index is 12.6. The van der Waals surface area contributed by atoms with Crippen LogP contribution in [0.4, 0.5) is 0 Å². The first kappa shape index (κ1) is 21.6. The number of carbonyl (C=O) groups excluding carboxylic acids is 2. The van der Waals surface area contributed by atoms with Crippen molar-refractivity contribution in [3.05, 3.63) is 106 Å². The predicted molar refractivity (Wildman–Crippen MR) is 120 cm³/mol. The molecule has 3 rings (SSSR count). The molecule has 0 bridgehead atoms. The molecule has 0 saturated heterocycles. The van der Waals surface area contributed by atoms with Crippen LogP contribution in [-0.4, -0.2) is 18.0 Å². The third-order valence-electron chi connectivity index (χ3n) is 4.29. The number of hydrogen-bond donors (Lipinski definition) is 2. The summed E-state index contributed by atoms with van der Waals surface area (Å²) in [6.07, 6.45) is 1.46. The highest BCUT2D eigenvalue weighted by atomic mass is 35.5. The molecule has 2 N–H and O–H groups in total. The highest BCUT2D eigenvalue weighted by molar-refractivity contribution is 6.36. The van der Waals surface area contributed by atoms with Gasteiger partial charge in [0.15, 0.2) is 0 Å². The van der Waals surface area contributed by atoms with Crippen LogP contribution >= 0.6 is 23.2 Å². The van der Waals surface area contributed by atoms with E-state index >= 15 is 0 Å². The fourth-order valence-corrected chi connectivity index (χ4v) is 3.24. The van der Waals surface area contributed by atoms with E-state index in [1.807, 2.05) is 36.4 Å². The topological polar surface area (TPSA) is 70.6 Å². The fraction of sp³-hybridized carbons (Fsp3) is 0.0870. The molecule has 0 heterocycles. The van der Waals surface area contributed by atoms with Crippen LogP contribution in [0, 0.1) is 0 Å². The maximum Gasteiger partial charge on any atom is 0.251 e. The third-order valence-corrected chi connectivity index (χ3v) is 4.85. The van der Waals surface area contributed by atoms with Crippen molar-refractivity contribution >= 4 is 41.2 Å². The highest BCUT2D eigenvalue weighted by Gasteiger charge is 2.19. The van der Waals surface area contributed by atoms with Gasteiger partial charge in [-0.3, -0.25) is 9.59 Å². The van der Waals surface area contributed by atoms with Crippen LogP contribution in [0.5, 0.6) is 0 Å². The number of hydrazone groups is 1. The lowest BCUT2D eigenvalue weighted by Gasteiger charge is -2.18. The zero-order chi connectivity index (χ0) is 21.3. The first-order valence-electron chi connectivity index (χ1n) is 9.21. The van der Waals surface area contributed by atoms with Gasteiger partial charge in [-0.15, -0.1) is 0 Å². The molecule has 0 fully saturated rings. The summed E-state index contributed by atoms with van der Waals surface area (Å²) in [6, 6.07) is 22.6. The average molecular weight is 440 g/mol. The van der Waals surface area contributed by atoms with Gasteiger partial charge < -0.3 is 5.32 Å². The summed E-state index contributed by atoms with van der Waals surface area (Å²) in [5, 5.41) is 7.81. The van der Waals surface area contributed by atoms with Gasteiger partial charge in [-0.05, 0) is 29.8 Å². The van der Waals surface area contributed by atoms with Gasteiger partial charge >= 0.3 is 0 Å². The lowest BCUT2D eigenvalue weighted by Crippen LogP contribution is -2.32. The quantitative estimate of drug-likeness (QED) is 0.401. The summed E-state index contributed by atoms with van der Waals surface area (Å²) in [7, 11) is 0. The van der Waals surface area contributed by atoms with E-state index in [-0.39, 0.29) is 18.2 Å². The van der Waals surface area contributed by atoms with E-state index in [0.717, 1.165) is 5.56 Å². The Morgan fingerprint density at radius 1 is 0.933 bits per heavy atom. The van der Waals surface area contributed by atoms with Gasteiger partial charge in [-0.2, -0.15) is 5.10 Å². The van der Waals surface area contributed by atoms with E-state index in [0.29, 0.717) is 21.2 Å². The van der Waals surface area contributed by atoms with Crippen molar-refractivity contribution in [3.8, 4) is 0 Å². The second-order valence-electron chi connectivity index (χ2n) is 6.47. The van der Waals surface area contributed by atoms with Crippen LogP contribution in [0.2, 0.25) is 10.0 Å². The van der Waals surface area contributed by atoms with E-state index in [1.54, 1.807) is 42.5 Å². The Morgan fingerprint density at radius 2 is 1.60 bits per heavy atom.